The van der Waals surface area contributed by atoms with E-state index in [0.29, 0.717) is 0 Å². The Kier molecular flexibility index (Phi) is 7.09. The SMILES string of the molecule is COC(=O)[C@@]1(CCCC=C(C)C)CCC[C@H]1[C@H](C)C(=O)N1CCCC1. The average molecular weight is 350 g/mol. The van der Waals surface area contributed by atoms with E-state index in [9.17, 15) is 9.59 Å². The molecule has 0 aromatic carbocycles. The summed E-state index contributed by atoms with van der Waals surface area (Å²) in [4.78, 5) is 27.7. The molecule has 2 aliphatic rings. The number of hydrogen-bond acceptors (Lipinski definition) is 3. The highest BCUT2D eigenvalue weighted by molar-refractivity contribution is 5.82. The third kappa shape index (κ3) is 4.45. The van der Waals surface area contributed by atoms with Gasteiger partial charge < -0.3 is 9.64 Å². The number of amides is 1. The number of esters is 1. The Bertz CT molecular complexity index is 503. The zero-order chi connectivity index (χ0) is 18.4. The van der Waals surface area contributed by atoms with Gasteiger partial charge in [0, 0.05) is 19.0 Å². The summed E-state index contributed by atoms with van der Waals surface area (Å²) in [7, 11) is 1.49. The Labute approximate surface area is 153 Å². The number of likely N-dealkylation sites (tertiary alicyclic amines) is 1. The topological polar surface area (TPSA) is 46.6 Å². The molecule has 2 rings (SSSR count). The first-order chi connectivity index (χ1) is 11.9. The predicted octanol–water partition coefficient (Wildman–Crippen LogP) is 4.34. The van der Waals surface area contributed by atoms with E-state index in [0.717, 1.165) is 64.5 Å². The van der Waals surface area contributed by atoms with Crippen LogP contribution in [0.5, 0.6) is 0 Å². The van der Waals surface area contributed by atoms with Crippen molar-refractivity contribution in [3.05, 3.63) is 11.6 Å². The quantitative estimate of drug-likeness (QED) is 0.390. The van der Waals surface area contributed by atoms with E-state index in [1.54, 1.807) is 0 Å². The predicted molar refractivity (Wildman–Crippen MR) is 100 cm³/mol. The highest BCUT2D eigenvalue weighted by atomic mass is 16.5. The minimum absolute atomic E-state index is 0.0943. The van der Waals surface area contributed by atoms with Crippen LogP contribution in [0.4, 0.5) is 0 Å². The number of methoxy groups -OCH3 is 1. The highest BCUT2D eigenvalue weighted by Gasteiger charge is 2.52. The van der Waals surface area contributed by atoms with Gasteiger partial charge in [0.15, 0.2) is 0 Å². The van der Waals surface area contributed by atoms with Gasteiger partial charge in [0.25, 0.3) is 0 Å². The Hall–Kier alpha value is -1.32. The minimum Gasteiger partial charge on any atom is -0.469 e. The molecule has 0 radical (unpaired) electrons. The second kappa shape index (κ2) is 8.86. The third-order valence-electron chi connectivity index (χ3n) is 6.23. The molecule has 0 bridgehead atoms. The van der Waals surface area contributed by atoms with Gasteiger partial charge in [-0.3, -0.25) is 9.59 Å². The molecule has 1 amide bonds. The molecule has 4 heteroatoms. The normalized spacial score (nSPS) is 27.2. The smallest absolute Gasteiger partial charge is 0.312 e. The van der Waals surface area contributed by atoms with Gasteiger partial charge in [-0.1, -0.05) is 25.0 Å². The number of allylic oxidation sites excluding steroid dienone is 2. The lowest BCUT2D eigenvalue weighted by molar-refractivity contribution is -0.158. The molecule has 0 aromatic rings. The van der Waals surface area contributed by atoms with E-state index < -0.39 is 5.41 Å². The van der Waals surface area contributed by atoms with Crippen LogP contribution in [0.15, 0.2) is 11.6 Å². The zero-order valence-electron chi connectivity index (χ0n) is 16.5. The molecule has 0 N–H and O–H groups in total. The van der Waals surface area contributed by atoms with Gasteiger partial charge in [-0.05, 0) is 64.7 Å². The van der Waals surface area contributed by atoms with E-state index >= 15 is 0 Å². The van der Waals surface area contributed by atoms with Crippen molar-refractivity contribution in [2.75, 3.05) is 20.2 Å². The molecule has 0 unspecified atom stereocenters. The van der Waals surface area contributed by atoms with Crippen molar-refractivity contribution in [2.24, 2.45) is 17.3 Å². The fourth-order valence-corrected chi connectivity index (χ4v) is 4.90. The molecule has 1 saturated carbocycles. The molecule has 4 nitrogen and oxygen atoms in total. The maximum atomic E-state index is 12.9. The summed E-state index contributed by atoms with van der Waals surface area (Å²) in [6, 6.07) is 0. The minimum atomic E-state index is -0.473. The van der Waals surface area contributed by atoms with E-state index in [1.807, 2.05) is 11.8 Å². The highest BCUT2D eigenvalue weighted by Crippen LogP contribution is 2.51. The molecule has 142 valence electrons. The van der Waals surface area contributed by atoms with Gasteiger partial charge in [-0.15, -0.1) is 0 Å². The maximum absolute atomic E-state index is 12.9. The number of ether oxygens (including phenoxy) is 1. The van der Waals surface area contributed by atoms with Gasteiger partial charge in [-0.2, -0.15) is 0 Å². The van der Waals surface area contributed by atoms with Crippen LogP contribution in [0, 0.1) is 17.3 Å². The van der Waals surface area contributed by atoms with E-state index in [4.69, 9.17) is 4.74 Å². The average Bonchev–Trinajstić information content (AvgIpc) is 3.26. The molecule has 1 aliphatic heterocycles. The second-order valence-corrected chi connectivity index (χ2v) is 8.14. The lowest BCUT2D eigenvalue weighted by Gasteiger charge is -2.37. The van der Waals surface area contributed by atoms with Crippen molar-refractivity contribution in [1.82, 2.24) is 4.90 Å². The van der Waals surface area contributed by atoms with Crippen molar-refractivity contribution in [3.63, 3.8) is 0 Å². The van der Waals surface area contributed by atoms with E-state index in [1.165, 1.54) is 12.7 Å². The van der Waals surface area contributed by atoms with Crippen LogP contribution >= 0.6 is 0 Å². The Morgan fingerprint density at radius 3 is 2.52 bits per heavy atom. The molecule has 0 spiro atoms. The first-order valence-corrected chi connectivity index (χ1v) is 9.93. The second-order valence-electron chi connectivity index (χ2n) is 8.14. The summed E-state index contributed by atoms with van der Waals surface area (Å²) in [5.74, 6) is 0.151. The van der Waals surface area contributed by atoms with Crippen LogP contribution in [0.25, 0.3) is 0 Å². The fourth-order valence-electron chi connectivity index (χ4n) is 4.90. The lowest BCUT2D eigenvalue weighted by Crippen LogP contribution is -2.44. The summed E-state index contributed by atoms with van der Waals surface area (Å²) in [5, 5.41) is 0. The van der Waals surface area contributed by atoms with Crippen molar-refractivity contribution in [3.8, 4) is 0 Å². The number of unbranched alkanes of at least 4 members (excludes halogenated alkanes) is 1. The molecule has 25 heavy (non-hydrogen) atoms. The number of hydrogen-bond donors (Lipinski definition) is 0. The molecule has 0 aromatic heterocycles. The maximum Gasteiger partial charge on any atom is 0.312 e. The molecular formula is C21H35NO3. The van der Waals surface area contributed by atoms with E-state index in [-0.39, 0.29) is 23.7 Å². The standard InChI is InChI=1S/C21H35NO3/c1-16(2)10-5-6-12-21(20(24)25-4)13-9-11-18(21)17(3)19(23)22-14-7-8-15-22/h10,17-18H,5-9,11-15H2,1-4H3/t17-,18-,21-/m0/s1. The van der Waals surface area contributed by atoms with Gasteiger partial charge in [0.2, 0.25) is 5.91 Å². The fraction of sp³-hybridized carbons (Fsp3) is 0.810. The van der Waals surface area contributed by atoms with Crippen LogP contribution in [0.3, 0.4) is 0 Å². The number of carbonyl (C=O) groups excluding carboxylic acids is 2. The molecule has 1 heterocycles. The molecule has 1 aliphatic carbocycles. The molecule has 2 fully saturated rings. The van der Waals surface area contributed by atoms with Crippen LogP contribution < -0.4 is 0 Å². The Balaban J connectivity index is 2.13. The van der Waals surface area contributed by atoms with Crippen LogP contribution in [0.1, 0.15) is 72.1 Å². The number of nitrogens with zero attached hydrogens (tertiary/aromatic N) is 1. The monoisotopic (exact) mass is 349 g/mol. The summed E-state index contributed by atoms with van der Waals surface area (Å²) in [5.41, 5.74) is 0.839. The summed E-state index contributed by atoms with van der Waals surface area (Å²) in [6.45, 7) is 7.99. The lowest BCUT2D eigenvalue weighted by atomic mass is 9.68. The van der Waals surface area contributed by atoms with Gasteiger partial charge >= 0.3 is 5.97 Å². The first-order valence-electron chi connectivity index (χ1n) is 9.93. The molecule has 3 atom stereocenters. The number of carbonyl (C=O) groups is 2. The van der Waals surface area contributed by atoms with Gasteiger partial charge in [0.05, 0.1) is 12.5 Å². The zero-order valence-corrected chi connectivity index (χ0v) is 16.5. The Morgan fingerprint density at radius 1 is 1.24 bits per heavy atom. The van der Waals surface area contributed by atoms with Crippen molar-refractivity contribution < 1.29 is 14.3 Å². The largest absolute Gasteiger partial charge is 0.469 e. The van der Waals surface area contributed by atoms with Crippen molar-refractivity contribution >= 4 is 11.9 Å². The molecular weight excluding hydrogens is 314 g/mol. The van der Waals surface area contributed by atoms with Gasteiger partial charge in [-0.25, -0.2) is 0 Å². The summed E-state index contributed by atoms with van der Waals surface area (Å²) >= 11 is 0. The summed E-state index contributed by atoms with van der Waals surface area (Å²) < 4.78 is 5.22. The number of rotatable bonds is 7. The Morgan fingerprint density at radius 2 is 1.92 bits per heavy atom. The third-order valence-corrected chi connectivity index (χ3v) is 6.23. The van der Waals surface area contributed by atoms with Crippen LogP contribution in [0.2, 0.25) is 0 Å². The van der Waals surface area contributed by atoms with E-state index in [2.05, 4.69) is 19.9 Å². The first kappa shape index (κ1) is 20.0. The molecule has 1 saturated heterocycles. The van der Waals surface area contributed by atoms with Crippen molar-refractivity contribution in [2.45, 2.75) is 72.1 Å². The van der Waals surface area contributed by atoms with Crippen molar-refractivity contribution in [1.29, 1.82) is 0 Å². The summed E-state index contributed by atoms with van der Waals surface area (Å²) in [6.07, 6.45) is 10.1. The van der Waals surface area contributed by atoms with Crippen LogP contribution in [-0.4, -0.2) is 37.0 Å². The van der Waals surface area contributed by atoms with Crippen LogP contribution in [-0.2, 0) is 14.3 Å². The van der Waals surface area contributed by atoms with Gasteiger partial charge in [0.1, 0.15) is 0 Å².